The average Bonchev–Trinajstić information content (AvgIpc) is 2.90. The highest BCUT2D eigenvalue weighted by Gasteiger charge is 2.24. The van der Waals surface area contributed by atoms with Crippen LogP contribution in [0.3, 0.4) is 0 Å². The Morgan fingerprint density at radius 2 is 1.86 bits per heavy atom. The topological polar surface area (TPSA) is 139 Å². The zero-order chi connectivity index (χ0) is 25.8. The Morgan fingerprint density at radius 3 is 2.65 bits per heavy atom. The molecule has 2 amide bonds. The van der Waals surface area contributed by atoms with Crippen molar-refractivity contribution in [2.24, 2.45) is 11.5 Å². The zero-order valence-electron chi connectivity index (χ0n) is 20.8. The van der Waals surface area contributed by atoms with Crippen molar-refractivity contribution < 1.29 is 9.59 Å². The number of hydrogen-bond acceptors (Lipinski definition) is 7. The summed E-state index contributed by atoms with van der Waals surface area (Å²) in [5.41, 5.74) is 16.1. The number of carbonyl (C=O) groups excluding carboxylic acids is 2. The van der Waals surface area contributed by atoms with Crippen LogP contribution in [0.1, 0.15) is 52.7 Å². The Morgan fingerprint density at radius 1 is 1.05 bits per heavy atom. The van der Waals surface area contributed by atoms with E-state index in [0.29, 0.717) is 31.3 Å². The van der Waals surface area contributed by atoms with Crippen molar-refractivity contribution >= 4 is 29.3 Å². The van der Waals surface area contributed by atoms with Crippen LogP contribution in [0.25, 0.3) is 0 Å². The number of nitrogens with zero attached hydrogens (tertiary/aromatic N) is 3. The number of nitrogens with two attached hydrogens (primary N) is 2. The quantitative estimate of drug-likeness (QED) is 0.392. The van der Waals surface area contributed by atoms with E-state index in [1.165, 1.54) is 11.8 Å². The van der Waals surface area contributed by atoms with E-state index >= 15 is 0 Å². The molecule has 2 unspecified atom stereocenters. The molecular weight excluding hydrogens is 466 g/mol. The summed E-state index contributed by atoms with van der Waals surface area (Å²) in [4.78, 5) is 35.8. The molecule has 0 spiro atoms. The normalized spacial score (nSPS) is 19.1. The van der Waals surface area contributed by atoms with Gasteiger partial charge in [0.1, 0.15) is 11.4 Å². The minimum Gasteiger partial charge on any atom is -0.365 e. The Labute approximate surface area is 216 Å². The van der Waals surface area contributed by atoms with Crippen LogP contribution in [0.5, 0.6) is 0 Å². The summed E-state index contributed by atoms with van der Waals surface area (Å²) in [5.74, 6) is 0.241. The molecule has 6 N–H and O–H groups in total. The van der Waals surface area contributed by atoms with E-state index in [0.717, 1.165) is 48.9 Å². The lowest BCUT2D eigenvalue weighted by atomic mass is 9.91. The van der Waals surface area contributed by atoms with Gasteiger partial charge in [-0.25, -0.2) is 4.98 Å². The third kappa shape index (κ3) is 5.89. The third-order valence-corrected chi connectivity index (χ3v) is 7.22. The van der Waals surface area contributed by atoms with Gasteiger partial charge in [-0.15, -0.1) is 0 Å². The second kappa shape index (κ2) is 11.0. The minimum atomic E-state index is -0.612. The largest absolute Gasteiger partial charge is 0.365 e. The Bertz CT molecular complexity index is 1280. The Balaban J connectivity index is 1.32. The molecule has 1 aliphatic carbocycles. The fourth-order valence-corrected chi connectivity index (χ4v) is 5.10. The number of hydrogen-bond donors (Lipinski definition) is 4. The zero-order valence-corrected chi connectivity index (χ0v) is 20.8. The lowest BCUT2D eigenvalue weighted by Gasteiger charge is -2.30. The smallest absolute Gasteiger partial charge is 0.254 e. The molecule has 0 radical (unpaired) electrons. The molecule has 2 aliphatic rings. The molecule has 0 bridgehead atoms. The predicted octanol–water partition coefficient (Wildman–Crippen LogP) is 3.13. The van der Waals surface area contributed by atoms with Gasteiger partial charge in [0.15, 0.2) is 0 Å². The molecule has 2 atom stereocenters. The van der Waals surface area contributed by atoms with Crippen molar-refractivity contribution in [3.8, 4) is 0 Å². The van der Waals surface area contributed by atoms with E-state index in [9.17, 15) is 9.59 Å². The molecule has 2 heterocycles. The lowest BCUT2D eigenvalue weighted by Crippen LogP contribution is -2.43. The van der Waals surface area contributed by atoms with Gasteiger partial charge in [-0.3, -0.25) is 9.59 Å². The first kappa shape index (κ1) is 24.7. The van der Waals surface area contributed by atoms with Gasteiger partial charge < -0.3 is 27.0 Å². The number of amides is 2. The van der Waals surface area contributed by atoms with E-state index < -0.39 is 5.91 Å². The summed E-state index contributed by atoms with van der Waals surface area (Å²) in [5, 5.41) is 6.58. The van der Waals surface area contributed by atoms with Crippen molar-refractivity contribution in [1.82, 2.24) is 14.9 Å². The lowest BCUT2D eigenvalue weighted by molar-refractivity contribution is -0.131. The molecule has 2 aromatic carbocycles. The molecule has 1 fully saturated rings. The highest BCUT2D eigenvalue weighted by molar-refractivity contribution is 5.98. The first-order valence-corrected chi connectivity index (χ1v) is 12.9. The summed E-state index contributed by atoms with van der Waals surface area (Å²) >= 11 is 0. The van der Waals surface area contributed by atoms with Crippen LogP contribution < -0.4 is 22.1 Å². The van der Waals surface area contributed by atoms with Gasteiger partial charge in [-0.05, 0) is 48.1 Å². The fourth-order valence-electron chi connectivity index (χ4n) is 5.10. The molecule has 1 aromatic heterocycles. The highest BCUT2D eigenvalue weighted by Crippen LogP contribution is 2.27. The third-order valence-electron chi connectivity index (χ3n) is 7.22. The number of anilines is 3. The molecule has 1 aliphatic heterocycles. The van der Waals surface area contributed by atoms with E-state index in [4.69, 9.17) is 11.5 Å². The number of carbonyl (C=O) groups is 2. The summed E-state index contributed by atoms with van der Waals surface area (Å²) in [6, 6.07) is 15.9. The SMILES string of the molecule is NC(=O)c1cnc(NC2CCCCC2N)nc1Nc1ccc2c(c1)CN(C(=O)Cc1ccccc1)CC2. The van der Waals surface area contributed by atoms with Gasteiger partial charge in [0.05, 0.1) is 6.42 Å². The first-order valence-electron chi connectivity index (χ1n) is 12.9. The van der Waals surface area contributed by atoms with Crippen LogP contribution in [-0.2, 0) is 24.2 Å². The van der Waals surface area contributed by atoms with Crippen molar-refractivity contribution in [2.75, 3.05) is 17.2 Å². The van der Waals surface area contributed by atoms with Crippen LogP contribution in [0.15, 0.2) is 54.7 Å². The van der Waals surface area contributed by atoms with Crippen LogP contribution in [0.2, 0.25) is 0 Å². The number of fused-ring (bicyclic) bond motifs is 1. The summed E-state index contributed by atoms with van der Waals surface area (Å²) in [6.07, 6.45) is 6.77. The highest BCUT2D eigenvalue weighted by atomic mass is 16.2. The molecule has 9 heteroatoms. The van der Waals surface area contributed by atoms with Crippen molar-refractivity contribution in [3.05, 3.63) is 77.0 Å². The summed E-state index contributed by atoms with van der Waals surface area (Å²) < 4.78 is 0. The van der Waals surface area contributed by atoms with Crippen LogP contribution in [0.4, 0.5) is 17.5 Å². The number of primary amides is 1. The molecule has 37 heavy (non-hydrogen) atoms. The van der Waals surface area contributed by atoms with Crippen molar-refractivity contribution in [1.29, 1.82) is 0 Å². The van der Waals surface area contributed by atoms with E-state index in [2.05, 4.69) is 26.7 Å². The van der Waals surface area contributed by atoms with Gasteiger partial charge in [0, 0.05) is 37.1 Å². The molecule has 9 nitrogen and oxygen atoms in total. The standard InChI is InChI=1S/C28H33N7O2/c29-23-8-4-5-9-24(23)33-28-31-16-22(26(30)37)27(34-28)32-21-11-10-19-12-13-35(17-20(19)15-21)25(36)14-18-6-2-1-3-7-18/h1-3,6-7,10-11,15-16,23-24H,4-5,8-9,12-14,17,29H2,(H2,30,37)(H2,31,32,33,34). The van der Waals surface area contributed by atoms with Crippen LogP contribution in [0, 0.1) is 0 Å². The van der Waals surface area contributed by atoms with E-state index in [1.54, 1.807) is 0 Å². The fraction of sp³-hybridized carbons (Fsp3) is 0.357. The summed E-state index contributed by atoms with van der Waals surface area (Å²) in [7, 11) is 0. The Kier molecular flexibility index (Phi) is 7.32. The van der Waals surface area contributed by atoms with Gasteiger partial charge in [0.25, 0.3) is 5.91 Å². The maximum Gasteiger partial charge on any atom is 0.254 e. The molecule has 192 valence electrons. The van der Waals surface area contributed by atoms with Crippen LogP contribution >= 0.6 is 0 Å². The van der Waals surface area contributed by atoms with Gasteiger partial charge in [0.2, 0.25) is 11.9 Å². The predicted molar refractivity (Wildman–Crippen MR) is 143 cm³/mol. The second-order valence-electron chi connectivity index (χ2n) is 9.86. The molecule has 0 saturated heterocycles. The number of nitrogens with one attached hydrogen (secondary N) is 2. The number of aromatic nitrogens is 2. The maximum absolute atomic E-state index is 12.9. The van der Waals surface area contributed by atoms with Crippen molar-refractivity contribution in [2.45, 2.75) is 57.2 Å². The van der Waals surface area contributed by atoms with Gasteiger partial charge >= 0.3 is 0 Å². The molecule has 3 aromatic rings. The van der Waals surface area contributed by atoms with E-state index in [1.807, 2.05) is 47.4 Å². The number of rotatable bonds is 7. The second-order valence-corrected chi connectivity index (χ2v) is 9.86. The maximum atomic E-state index is 12.9. The molecular formula is C28H33N7O2. The molecule has 1 saturated carbocycles. The number of benzene rings is 2. The van der Waals surface area contributed by atoms with Gasteiger partial charge in [-0.2, -0.15) is 4.98 Å². The van der Waals surface area contributed by atoms with Crippen molar-refractivity contribution in [3.63, 3.8) is 0 Å². The first-order chi connectivity index (χ1) is 18.0. The minimum absolute atomic E-state index is 0.0396. The Hall–Kier alpha value is -3.98. The van der Waals surface area contributed by atoms with E-state index in [-0.39, 0.29) is 23.6 Å². The molecule has 5 rings (SSSR count). The average molecular weight is 500 g/mol. The van der Waals surface area contributed by atoms with Crippen LogP contribution in [-0.4, -0.2) is 45.3 Å². The monoisotopic (exact) mass is 499 g/mol. The summed E-state index contributed by atoms with van der Waals surface area (Å²) in [6.45, 7) is 1.23. The van der Waals surface area contributed by atoms with Gasteiger partial charge in [-0.1, -0.05) is 49.2 Å².